The van der Waals surface area contributed by atoms with Crippen LogP contribution < -0.4 is 5.56 Å². The largest absolute Gasteiger partial charge is 0.268 e. The van der Waals surface area contributed by atoms with Crippen molar-refractivity contribution < 1.29 is 0 Å². The quantitative estimate of drug-likeness (QED) is 0.487. The van der Waals surface area contributed by atoms with Gasteiger partial charge in [0.2, 0.25) is 0 Å². The molecule has 0 aliphatic rings. The Morgan fingerprint density at radius 3 is 2.71 bits per heavy atom. The zero-order chi connectivity index (χ0) is 19.5. The number of benzene rings is 1. The Labute approximate surface area is 165 Å². The van der Waals surface area contributed by atoms with Crippen molar-refractivity contribution in [3.63, 3.8) is 0 Å². The Bertz CT molecular complexity index is 1300. The number of allylic oxidation sites excluding steroid dienone is 1. The first-order valence-electron chi connectivity index (χ1n) is 8.46. The fourth-order valence-electron chi connectivity index (χ4n) is 2.98. The summed E-state index contributed by atoms with van der Waals surface area (Å²) in [6.45, 7) is 0. The first kappa shape index (κ1) is 17.7. The normalized spacial score (nSPS) is 11.4. The second-order valence-electron chi connectivity index (χ2n) is 6.05. The van der Waals surface area contributed by atoms with Gasteiger partial charge < -0.3 is 0 Å². The molecular formula is C22H13ClN4O. The number of hydrogen-bond acceptors (Lipinski definition) is 4. The molecule has 0 aliphatic carbocycles. The van der Waals surface area contributed by atoms with E-state index < -0.39 is 0 Å². The second kappa shape index (κ2) is 7.47. The van der Waals surface area contributed by atoms with Crippen LogP contribution in [-0.2, 0) is 0 Å². The predicted molar refractivity (Wildman–Crippen MR) is 110 cm³/mol. The molecule has 3 aromatic heterocycles. The summed E-state index contributed by atoms with van der Waals surface area (Å²) in [5.74, 6) is 0. The lowest BCUT2D eigenvalue weighted by molar-refractivity contribution is 1.01. The van der Waals surface area contributed by atoms with E-state index in [-0.39, 0.29) is 5.56 Å². The van der Waals surface area contributed by atoms with Gasteiger partial charge in [0.05, 0.1) is 17.3 Å². The van der Waals surface area contributed by atoms with Gasteiger partial charge in [0.25, 0.3) is 5.56 Å². The Morgan fingerprint density at radius 2 is 1.96 bits per heavy atom. The van der Waals surface area contributed by atoms with Crippen LogP contribution in [0.4, 0.5) is 0 Å². The smallest absolute Gasteiger partial charge is 0.264 e. The van der Waals surface area contributed by atoms with Crippen LogP contribution >= 0.6 is 11.6 Å². The van der Waals surface area contributed by atoms with Crippen molar-refractivity contribution in [1.82, 2.24) is 14.5 Å². The Hall–Kier alpha value is -3.75. The number of halogens is 1. The number of aromatic nitrogens is 3. The average Bonchev–Trinajstić information content (AvgIpc) is 2.73. The van der Waals surface area contributed by atoms with Crippen LogP contribution in [0.5, 0.6) is 0 Å². The van der Waals surface area contributed by atoms with Crippen LogP contribution in [-0.4, -0.2) is 14.5 Å². The molecule has 0 unspecified atom stereocenters. The molecular weight excluding hydrogens is 372 g/mol. The SMILES string of the molecule is N#CC(=Cc1cc2cccnc2n(-c2cccc(Cl)c2)c1=O)c1cccnc1. The standard InChI is InChI=1S/C22H13ClN4O/c23-19-6-1-7-20(12-19)27-21-15(4-3-9-26-21)10-17(22(27)28)11-18(13-24)16-5-2-8-25-14-16/h1-12,14H. The van der Waals surface area contributed by atoms with E-state index in [0.29, 0.717) is 33.1 Å². The van der Waals surface area contributed by atoms with Crippen molar-refractivity contribution in [2.75, 3.05) is 0 Å². The molecule has 5 nitrogen and oxygen atoms in total. The zero-order valence-corrected chi connectivity index (χ0v) is 15.3. The van der Waals surface area contributed by atoms with Crippen molar-refractivity contribution in [1.29, 1.82) is 5.26 Å². The Kier molecular flexibility index (Phi) is 4.71. The fourth-order valence-corrected chi connectivity index (χ4v) is 3.16. The third kappa shape index (κ3) is 3.29. The Balaban J connectivity index is 2.01. The lowest BCUT2D eigenvalue weighted by Gasteiger charge is -2.11. The third-order valence-electron chi connectivity index (χ3n) is 4.25. The Morgan fingerprint density at radius 1 is 1.11 bits per heavy atom. The number of hydrogen-bond donors (Lipinski definition) is 0. The molecule has 0 saturated carbocycles. The van der Waals surface area contributed by atoms with E-state index in [9.17, 15) is 10.1 Å². The zero-order valence-electron chi connectivity index (χ0n) is 14.6. The summed E-state index contributed by atoms with van der Waals surface area (Å²) < 4.78 is 1.51. The maximum absolute atomic E-state index is 13.3. The molecule has 0 amide bonds. The molecule has 3 heterocycles. The molecule has 0 spiro atoms. The molecule has 28 heavy (non-hydrogen) atoms. The summed E-state index contributed by atoms with van der Waals surface area (Å²) in [6.07, 6.45) is 6.43. The maximum Gasteiger partial charge on any atom is 0.264 e. The predicted octanol–water partition coefficient (Wildman–Crippen LogP) is 4.50. The molecule has 1 aromatic carbocycles. The lowest BCUT2D eigenvalue weighted by Crippen LogP contribution is -2.21. The van der Waals surface area contributed by atoms with E-state index in [2.05, 4.69) is 16.0 Å². The molecule has 0 N–H and O–H groups in total. The minimum atomic E-state index is -0.287. The summed E-state index contributed by atoms with van der Waals surface area (Å²) in [7, 11) is 0. The molecule has 0 bridgehead atoms. The average molecular weight is 385 g/mol. The van der Waals surface area contributed by atoms with Gasteiger partial charge in [-0.3, -0.25) is 14.3 Å². The first-order valence-corrected chi connectivity index (χ1v) is 8.84. The number of nitrogens with zero attached hydrogens (tertiary/aromatic N) is 4. The van der Waals surface area contributed by atoms with E-state index in [1.807, 2.05) is 6.07 Å². The van der Waals surface area contributed by atoms with Crippen LogP contribution in [0, 0.1) is 11.3 Å². The fraction of sp³-hybridized carbons (Fsp3) is 0. The number of pyridine rings is 3. The monoisotopic (exact) mass is 384 g/mol. The molecule has 0 saturated heterocycles. The van der Waals surface area contributed by atoms with Crippen LogP contribution in [0.1, 0.15) is 11.1 Å². The van der Waals surface area contributed by atoms with Gasteiger partial charge in [-0.25, -0.2) is 4.98 Å². The maximum atomic E-state index is 13.3. The van der Waals surface area contributed by atoms with Gasteiger partial charge in [-0.05, 0) is 48.5 Å². The molecule has 4 rings (SSSR count). The van der Waals surface area contributed by atoms with Crippen LogP contribution in [0.2, 0.25) is 5.02 Å². The van der Waals surface area contributed by atoms with Crippen molar-refractivity contribution in [2.24, 2.45) is 0 Å². The minimum absolute atomic E-state index is 0.287. The topological polar surface area (TPSA) is 71.6 Å². The third-order valence-corrected chi connectivity index (χ3v) is 4.48. The number of rotatable bonds is 3. The lowest BCUT2D eigenvalue weighted by atomic mass is 10.1. The highest BCUT2D eigenvalue weighted by atomic mass is 35.5. The van der Waals surface area contributed by atoms with Gasteiger partial charge in [0.1, 0.15) is 5.65 Å². The summed E-state index contributed by atoms with van der Waals surface area (Å²) in [6, 6.07) is 18.1. The molecule has 0 atom stereocenters. The summed E-state index contributed by atoms with van der Waals surface area (Å²) in [5.41, 5.74) is 2.21. The van der Waals surface area contributed by atoms with E-state index in [4.69, 9.17) is 11.6 Å². The van der Waals surface area contributed by atoms with Crippen molar-refractivity contribution in [3.05, 3.63) is 99.7 Å². The van der Waals surface area contributed by atoms with Crippen LogP contribution in [0.3, 0.4) is 0 Å². The van der Waals surface area contributed by atoms with Crippen molar-refractivity contribution >= 4 is 34.3 Å². The summed E-state index contributed by atoms with van der Waals surface area (Å²) in [4.78, 5) is 21.7. The van der Waals surface area contributed by atoms with E-state index >= 15 is 0 Å². The second-order valence-corrected chi connectivity index (χ2v) is 6.48. The minimum Gasteiger partial charge on any atom is -0.268 e. The van der Waals surface area contributed by atoms with Gasteiger partial charge in [-0.1, -0.05) is 23.7 Å². The molecule has 0 fully saturated rings. The highest BCUT2D eigenvalue weighted by Crippen LogP contribution is 2.21. The van der Waals surface area contributed by atoms with Crippen LogP contribution in [0.25, 0.3) is 28.4 Å². The van der Waals surface area contributed by atoms with E-state index in [1.165, 1.54) is 4.57 Å². The van der Waals surface area contributed by atoms with Crippen molar-refractivity contribution in [2.45, 2.75) is 0 Å². The van der Waals surface area contributed by atoms with Crippen LogP contribution in [0.15, 0.2) is 78.0 Å². The molecule has 134 valence electrons. The molecule has 6 heteroatoms. The highest BCUT2D eigenvalue weighted by Gasteiger charge is 2.12. The van der Waals surface area contributed by atoms with Gasteiger partial charge >= 0.3 is 0 Å². The van der Waals surface area contributed by atoms with Gasteiger partial charge in [0, 0.05) is 40.1 Å². The van der Waals surface area contributed by atoms with Crippen molar-refractivity contribution in [3.8, 4) is 11.8 Å². The summed E-state index contributed by atoms with van der Waals surface area (Å²) >= 11 is 6.13. The number of nitriles is 1. The first-order chi connectivity index (χ1) is 13.7. The summed E-state index contributed by atoms with van der Waals surface area (Å²) in [5, 5.41) is 10.9. The molecule has 0 radical (unpaired) electrons. The van der Waals surface area contributed by atoms with E-state index in [0.717, 1.165) is 5.39 Å². The van der Waals surface area contributed by atoms with Gasteiger partial charge in [-0.2, -0.15) is 5.26 Å². The molecule has 4 aromatic rings. The number of fused-ring (bicyclic) bond motifs is 1. The highest BCUT2D eigenvalue weighted by molar-refractivity contribution is 6.30. The van der Waals surface area contributed by atoms with E-state index in [1.54, 1.807) is 73.2 Å². The van der Waals surface area contributed by atoms with Gasteiger partial charge in [-0.15, -0.1) is 0 Å². The molecule has 0 aliphatic heterocycles. The van der Waals surface area contributed by atoms with Gasteiger partial charge in [0.15, 0.2) is 0 Å².